The van der Waals surface area contributed by atoms with Gasteiger partial charge in [-0.25, -0.2) is 0 Å². The van der Waals surface area contributed by atoms with E-state index in [0.29, 0.717) is 0 Å². The first-order valence-corrected chi connectivity index (χ1v) is 3.82. The van der Waals surface area contributed by atoms with Crippen LogP contribution >= 0.6 is 0 Å². The maximum atomic E-state index is 10.8. The smallest absolute Gasteiger partial charge is 0.320 e. The van der Waals surface area contributed by atoms with E-state index in [0.717, 1.165) is 0 Å². The third-order valence-corrected chi connectivity index (χ3v) is 1.34. The van der Waals surface area contributed by atoms with E-state index in [1.807, 2.05) is 0 Å². The molecule has 1 unspecified atom stereocenters. The lowest BCUT2D eigenvalue weighted by molar-refractivity contribution is -0.143. The van der Waals surface area contributed by atoms with E-state index in [1.165, 1.54) is 6.08 Å². The summed E-state index contributed by atoms with van der Waals surface area (Å²) in [6.07, 6.45) is 1.54. The number of esters is 1. The Hall–Kier alpha value is -1.36. The molecule has 0 saturated carbocycles. The van der Waals surface area contributed by atoms with Crippen LogP contribution in [0.4, 0.5) is 0 Å². The van der Waals surface area contributed by atoms with Gasteiger partial charge in [-0.1, -0.05) is 12.7 Å². The van der Waals surface area contributed by atoms with Gasteiger partial charge in [-0.3, -0.25) is 9.59 Å². The topological polar surface area (TPSA) is 89.6 Å². The van der Waals surface area contributed by atoms with Crippen LogP contribution in [0.15, 0.2) is 12.7 Å². The molecule has 0 aromatic heterocycles. The van der Waals surface area contributed by atoms with Gasteiger partial charge in [0, 0.05) is 6.42 Å². The Morgan fingerprint density at radius 1 is 1.62 bits per heavy atom. The Morgan fingerprint density at radius 2 is 2.23 bits per heavy atom. The molecule has 3 N–H and O–H groups in total. The molecule has 0 amide bonds. The van der Waals surface area contributed by atoms with Crippen molar-refractivity contribution in [3.63, 3.8) is 0 Å². The molecule has 1 atom stereocenters. The lowest BCUT2D eigenvalue weighted by Gasteiger charge is -2.05. The number of carboxylic acids is 1. The van der Waals surface area contributed by atoms with E-state index < -0.39 is 18.0 Å². The molecular formula is C8H13NO4. The average molecular weight is 187 g/mol. The predicted octanol–water partition coefficient (Wildman–Crippen LogP) is -0.0923. The number of rotatable bonds is 6. The highest BCUT2D eigenvalue weighted by molar-refractivity contribution is 5.75. The predicted molar refractivity (Wildman–Crippen MR) is 46.0 cm³/mol. The third-order valence-electron chi connectivity index (χ3n) is 1.34. The molecule has 5 nitrogen and oxygen atoms in total. The van der Waals surface area contributed by atoms with Crippen LogP contribution in [0, 0.1) is 0 Å². The summed E-state index contributed by atoms with van der Waals surface area (Å²) < 4.78 is 4.62. The highest BCUT2D eigenvalue weighted by Gasteiger charge is 2.13. The molecule has 13 heavy (non-hydrogen) atoms. The molecule has 0 heterocycles. The number of hydrogen-bond donors (Lipinski definition) is 2. The second kappa shape index (κ2) is 6.19. The number of nitrogens with two attached hydrogens (primary N) is 1. The fraction of sp³-hybridized carbons (Fsp3) is 0.500. The van der Waals surface area contributed by atoms with Crippen LogP contribution in [0.5, 0.6) is 0 Å². The highest BCUT2D eigenvalue weighted by atomic mass is 16.5. The van der Waals surface area contributed by atoms with Gasteiger partial charge in [-0.2, -0.15) is 0 Å². The zero-order chi connectivity index (χ0) is 10.3. The number of carbonyl (C=O) groups excluding carboxylic acids is 1. The minimum absolute atomic E-state index is 0.0152. The molecule has 0 rings (SSSR count). The van der Waals surface area contributed by atoms with E-state index in [1.54, 1.807) is 0 Å². The molecule has 0 spiro atoms. The summed E-state index contributed by atoms with van der Waals surface area (Å²) in [6.45, 7) is 3.50. The number of carbonyl (C=O) groups is 2. The molecule has 0 aromatic carbocycles. The molecule has 0 aliphatic rings. The quantitative estimate of drug-likeness (QED) is 0.448. The number of carboxylic acid groups (broad SMARTS) is 1. The van der Waals surface area contributed by atoms with Crippen LogP contribution in [0.2, 0.25) is 0 Å². The Morgan fingerprint density at radius 3 is 2.69 bits per heavy atom. The first-order chi connectivity index (χ1) is 6.07. The van der Waals surface area contributed by atoms with Crippen molar-refractivity contribution in [1.29, 1.82) is 0 Å². The van der Waals surface area contributed by atoms with Gasteiger partial charge in [0.2, 0.25) is 0 Å². The summed E-state index contributed by atoms with van der Waals surface area (Å²) >= 11 is 0. The second-order valence-corrected chi connectivity index (χ2v) is 2.46. The zero-order valence-corrected chi connectivity index (χ0v) is 7.23. The summed E-state index contributed by atoms with van der Waals surface area (Å²) in [7, 11) is 0. The van der Waals surface area contributed by atoms with Crippen LogP contribution in [-0.4, -0.2) is 29.7 Å². The fourth-order valence-corrected chi connectivity index (χ4v) is 0.621. The minimum atomic E-state index is -1.11. The van der Waals surface area contributed by atoms with Crippen molar-refractivity contribution in [3.8, 4) is 0 Å². The van der Waals surface area contributed by atoms with Crippen molar-refractivity contribution in [2.75, 3.05) is 6.61 Å². The Labute approximate surface area is 76.2 Å². The van der Waals surface area contributed by atoms with E-state index in [-0.39, 0.29) is 19.4 Å². The molecule has 0 aliphatic carbocycles. The summed E-state index contributed by atoms with van der Waals surface area (Å²) in [5.74, 6) is -1.58. The maximum absolute atomic E-state index is 10.8. The van der Waals surface area contributed by atoms with E-state index >= 15 is 0 Å². The standard InChI is InChI=1S/C8H13NO4/c1-2-5-13-7(10)4-3-6(9)8(11)12/h2,6H,1,3-5,9H2,(H,11,12). The van der Waals surface area contributed by atoms with Crippen LogP contribution in [-0.2, 0) is 14.3 Å². The first-order valence-electron chi connectivity index (χ1n) is 3.82. The molecular weight excluding hydrogens is 174 g/mol. The number of ether oxygens (including phenoxy) is 1. The van der Waals surface area contributed by atoms with Gasteiger partial charge < -0.3 is 15.6 Å². The van der Waals surface area contributed by atoms with Gasteiger partial charge in [0.25, 0.3) is 0 Å². The molecule has 0 aliphatic heterocycles. The second-order valence-electron chi connectivity index (χ2n) is 2.46. The van der Waals surface area contributed by atoms with Crippen molar-refractivity contribution < 1.29 is 19.4 Å². The molecule has 0 radical (unpaired) electrons. The van der Waals surface area contributed by atoms with Gasteiger partial charge in [0.1, 0.15) is 12.6 Å². The average Bonchev–Trinajstić information content (AvgIpc) is 2.10. The van der Waals surface area contributed by atoms with Crippen LogP contribution < -0.4 is 5.73 Å². The van der Waals surface area contributed by atoms with Crippen molar-refractivity contribution >= 4 is 11.9 Å². The van der Waals surface area contributed by atoms with Crippen molar-refractivity contribution in [2.45, 2.75) is 18.9 Å². The molecule has 0 aromatic rings. The van der Waals surface area contributed by atoms with Crippen molar-refractivity contribution in [1.82, 2.24) is 0 Å². The summed E-state index contributed by atoms with van der Waals surface area (Å²) in [6, 6.07) is -1.00. The summed E-state index contributed by atoms with van der Waals surface area (Å²) in [4.78, 5) is 21.0. The SMILES string of the molecule is C=CCOC(=O)CCC(N)C(=O)O. The summed E-state index contributed by atoms with van der Waals surface area (Å²) in [5.41, 5.74) is 5.17. The maximum Gasteiger partial charge on any atom is 0.320 e. The number of aliphatic carboxylic acids is 1. The van der Waals surface area contributed by atoms with Gasteiger partial charge in [-0.05, 0) is 6.42 Å². The Kier molecular flexibility index (Phi) is 5.54. The van der Waals surface area contributed by atoms with Crippen LogP contribution in [0.3, 0.4) is 0 Å². The number of hydrogen-bond acceptors (Lipinski definition) is 4. The van der Waals surface area contributed by atoms with Crippen molar-refractivity contribution in [3.05, 3.63) is 12.7 Å². The monoisotopic (exact) mass is 187 g/mol. The van der Waals surface area contributed by atoms with E-state index in [2.05, 4.69) is 11.3 Å². The van der Waals surface area contributed by atoms with Gasteiger partial charge >= 0.3 is 11.9 Å². The normalized spacial score (nSPS) is 11.8. The summed E-state index contributed by atoms with van der Waals surface area (Å²) in [5, 5.41) is 8.38. The lowest BCUT2D eigenvalue weighted by Crippen LogP contribution is -2.30. The largest absolute Gasteiger partial charge is 0.480 e. The third kappa shape index (κ3) is 5.86. The van der Waals surface area contributed by atoms with Crippen LogP contribution in [0.25, 0.3) is 0 Å². The first kappa shape index (κ1) is 11.6. The van der Waals surface area contributed by atoms with Crippen molar-refractivity contribution in [2.24, 2.45) is 5.73 Å². The minimum Gasteiger partial charge on any atom is -0.480 e. The lowest BCUT2D eigenvalue weighted by atomic mass is 10.2. The molecule has 0 fully saturated rings. The molecule has 74 valence electrons. The van der Waals surface area contributed by atoms with Gasteiger partial charge in [-0.15, -0.1) is 0 Å². The molecule has 0 saturated heterocycles. The zero-order valence-electron chi connectivity index (χ0n) is 7.23. The highest BCUT2D eigenvalue weighted by Crippen LogP contribution is 1.97. The molecule has 0 bridgehead atoms. The van der Waals surface area contributed by atoms with Gasteiger partial charge in [0.15, 0.2) is 0 Å². The van der Waals surface area contributed by atoms with Gasteiger partial charge in [0.05, 0.1) is 0 Å². The van der Waals surface area contributed by atoms with E-state index in [9.17, 15) is 9.59 Å². The van der Waals surface area contributed by atoms with E-state index in [4.69, 9.17) is 10.8 Å². The van der Waals surface area contributed by atoms with Crippen LogP contribution in [0.1, 0.15) is 12.8 Å². The Balaban J connectivity index is 3.57. The fourth-order valence-electron chi connectivity index (χ4n) is 0.621. The molecule has 5 heteroatoms. The Bertz CT molecular complexity index is 202.